The summed E-state index contributed by atoms with van der Waals surface area (Å²) in [5.74, 6) is 0.247. The normalized spacial score (nSPS) is 11.6. The minimum Gasteiger partial charge on any atom is -0.494 e. The molecule has 0 bridgehead atoms. The predicted molar refractivity (Wildman–Crippen MR) is 180 cm³/mol. The highest BCUT2D eigenvalue weighted by molar-refractivity contribution is 6.04. The summed E-state index contributed by atoms with van der Waals surface area (Å²) in [6.45, 7) is 2.95. The molecule has 0 saturated heterocycles. The fourth-order valence-corrected chi connectivity index (χ4v) is 4.96. The number of amides is 2. The van der Waals surface area contributed by atoms with E-state index in [1.54, 1.807) is 66.7 Å². The molecule has 8 heteroatoms. The van der Waals surface area contributed by atoms with Crippen LogP contribution in [0.4, 0.5) is 5.69 Å². The Morgan fingerprint density at radius 1 is 0.761 bits per heavy atom. The van der Waals surface area contributed by atoms with E-state index in [1.165, 1.54) is 6.92 Å². The van der Waals surface area contributed by atoms with Crippen LogP contribution >= 0.6 is 0 Å². The number of ether oxygens (including phenoxy) is 1. The van der Waals surface area contributed by atoms with Crippen LogP contribution < -0.4 is 15.4 Å². The molecule has 8 nitrogen and oxygen atoms in total. The number of hydrogen-bond acceptors (Lipinski definition) is 6. The number of benzene rings is 4. The van der Waals surface area contributed by atoms with E-state index in [0.717, 1.165) is 24.1 Å². The molecule has 1 unspecified atom stereocenters. The largest absolute Gasteiger partial charge is 0.494 e. The first kappa shape index (κ1) is 31.9. The average molecular weight is 616 g/mol. The van der Waals surface area contributed by atoms with Gasteiger partial charge in [-0.25, -0.2) is 0 Å². The van der Waals surface area contributed by atoms with Crippen LogP contribution in [-0.2, 0) is 4.79 Å². The molecule has 0 spiro atoms. The molecular weight excluding hydrogens is 578 g/mol. The Bertz CT molecular complexity index is 1780. The first-order chi connectivity index (χ1) is 22.3. The van der Waals surface area contributed by atoms with E-state index in [-0.39, 0.29) is 17.5 Å². The van der Waals surface area contributed by atoms with Crippen molar-refractivity contribution in [3.63, 3.8) is 0 Å². The summed E-state index contributed by atoms with van der Waals surface area (Å²) in [6.07, 6.45) is 0.898. The highest BCUT2D eigenvalue weighted by atomic mass is 16.5. The molecule has 5 aromatic rings. The van der Waals surface area contributed by atoms with Crippen molar-refractivity contribution in [1.82, 2.24) is 10.2 Å². The maximum absolute atomic E-state index is 13.1. The number of ketones is 1. The average Bonchev–Trinajstić information content (AvgIpc) is 3.57. The summed E-state index contributed by atoms with van der Waals surface area (Å²) in [5, 5.41) is 5.71. The van der Waals surface area contributed by atoms with Gasteiger partial charge in [0.1, 0.15) is 17.6 Å². The number of nitrogens with zero attached hydrogens (tertiary/aromatic N) is 1. The van der Waals surface area contributed by atoms with Crippen LogP contribution in [0.2, 0.25) is 0 Å². The van der Waals surface area contributed by atoms with Gasteiger partial charge in [-0.1, -0.05) is 66.7 Å². The van der Waals surface area contributed by atoms with Crippen molar-refractivity contribution in [3.05, 3.63) is 132 Å². The number of carbonyl (C=O) groups is 3. The maximum Gasteiger partial charge on any atom is 0.287 e. The van der Waals surface area contributed by atoms with Crippen LogP contribution in [-0.4, -0.2) is 49.7 Å². The number of nitrogens with one attached hydrogen (secondary N) is 2. The number of hydrogen-bond donors (Lipinski definition) is 2. The van der Waals surface area contributed by atoms with Gasteiger partial charge in [-0.15, -0.1) is 0 Å². The molecule has 4 aromatic carbocycles. The quantitative estimate of drug-likeness (QED) is 0.135. The summed E-state index contributed by atoms with van der Waals surface area (Å²) in [5.41, 5.74) is 4.55. The third kappa shape index (κ3) is 8.37. The zero-order valence-electron chi connectivity index (χ0n) is 26.2. The van der Waals surface area contributed by atoms with Gasteiger partial charge in [-0.05, 0) is 92.7 Å². The van der Waals surface area contributed by atoms with Crippen molar-refractivity contribution in [2.45, 2.75) is 19.4 Å². The molecule has 1 atom stereocenters. The minimum absolute atomic E-state index is 0.0649. The molecule has 234 valence electrons. The van der Waals surface area contributed by atoms with Crippen molar-refractivity contribution in [1.29, 1.82) is 0 Å². The summed E-state index contributed by atoms with van der Waals surface area (Å²) in [4.78, 5) is 40.7. The number of carbonyl (C=O) groups excluding carboxylic acids is 3. The molecule has 1 heterocycles. The molecule has 2 amide bonds. The SMILES string of the molecule is CC(=O)C(NC(=O)c1ccc(-c2cccc(NC(=O)c3ccc(-c4ccccc4)cc3)c2)o1)c1ccc(OCCCN(C)C)cc1. The van der Waals surface area contributed by atoms with E-state index in [2.05, 4.69) is 15.5 Å². The van der Waals surface area contributed by atoms with Gasteiger partial charge in [0, 0.05) is 23.4 Å². The Morgan fingerprint density at radius 2 is 1.46 bits per heavy atom. The smallest absolute Gasteiger partial charge is 0.287 e. The molecule has 0 aliphatic heterocycles. The zero-order valence-corrected chi connectivity index (χ0v) is 26.2. The summed E-state index contributed by atoms with van der Waals surface area (Å²) in [6, 6.07) is 34.1. The second-order valence-electron chi connectivity index (χ2n) is 11.2. The lowest BCUT2D eigenvalue weighted by atomic mass is 10.0. The number of furan rings is 1. The monoisotopic (exact) mass is 615 g/mol. The van der Waals surface area contributed by atoms with Crippen molar-refractivity contribution in [2.75, 3.05) is 32.6 Å². The van der Waals surface area contributed by atoms with Crippen LogP contribution in [0.5, 0.6) is 5.75 Å². The molecular formula is C38H37N3O5. The van der Waals surface area contributed by atoms with E-state index in [0.29, 0.717) is 40.5 Å². The molecule has 5 rings (SSSR count). The van der Waals surface area contributed by atoms with Gasteiger partial charge in [0.15, 0.2) is 11.5 Å². The van der Waals surface area contributed by atoms with Gasteiger partial charge in [0.2, 0.25) is 0 Å². The fourth-order valence-electron chi connectivity index (χ4n) is 4.96. The Balaban J connectivity index is 1.20. The molecule has 0 aliphatic carbocycles. The van der Waals surface area contributed by atoms with Crippen LogP contribution in [0.15, 0.2) is 120 Å². The van der Waals surface area contributed by atoms with Gasteiger partial charge >= 0.3 is 0 Å². The second kappa shape index (κ2) is 15.0. The Hall–Kier alpha value is -5.47. The predicted octanol–water partition coefficient (Wildman–Crippen LogP) is 7.26. The summed E-state index contributed by atoms with van der Waals surface area (Å²) < 4.78 is 11.7. The lowest BCUT2D eigenvalue weighted by Crippen LogP contribution is -2.32. The topological polar surface area (TPSA) is 101 Å². The van der Waals surface area contributed by atoms with E-state index >= 15 is 0 Å². The minimum atomic E-state index is -0.843. The fraction of sp³-hybridized carbons (Fsp3) is 0.184. The van der Waals surface area contributed by atoms with Crippen LogP contribution in [0, 0.1) is 0 Å². The Morgan fingerprint density at radius 3 is 2.15 bits per heavy atom. The third-order valence-electron chi connectivity index (χ3n) is 7.40. The first-order valence-corrected chi connectivity index (χ1v) is 15.1. The Kier molecular flexibility index (Phi) is 10.4. The molecule has 2 N–H and O–H groups in total. The molecule has 0 radical (unpaired) electrons. The number of Topliss-reactive ketones (excluding diaryl/α,β-unsaturated/α-hetero) is 1. The van der Waals surface area contributed by atoms with E-state index in [1.807, 2.05) is 62.6 Å². The van der Waals surface area contributed by atoms with E-state index in [4.69, 9.17) is 9.15 Å². The van der Waals surface area contributed by atoms with Crippen molar-refractivity contribution in [2.24, 2.45) is 0 Å². The van der Waals surface area contributed by atoms with Crippen LogP contribution in [0.3, 0.4) is 0 Å². The molecule has 0 fully saturated rings. The van der Waals surface area contributed by atoms with Crippen molar-refractivity contribution in [3.8, 4) is 28.2 Å². The lowest BCUT2D eigenvalue weighted by Gasteiger charge is -2.16. The van der Waals surface area contributed by atoms with Gasteiger partial charge in [-0.3, -0.25) is 14.4 Å². The van der Waals surface area contributed by atoms with Crippen LogP contribution in [0.1, 0.15) is 45.9 Å². The Labute approximate surface area is 269 Å². The van der Waals surface area contributed by atoms with Gasteiger partial charge in [0.05, 0.1) is 6.61 Å². The van der Waals surface area contributed by atoms with Gasteiger partial charge < -0.3 is 24.7 Å². The number of anilines is 1. The van der Waals surface area contributed by atoms with Gasteiger partial charge in [-0.2, -0.15) is 0 Å². The summed E-state index contributed by atoms with van der Waals surface area (Å²) >= 11 is 0. The molecule has 0 saturated carbocycles. The first-order valence-electron chi connectivity index (χ1n) is 15.1. The second-order valence-corrected chi connectivity index (χ2v) is 11.2. The molecule has 46 heavy (non-hydrogen) atoms. The van der Waals surface area contributed by atoms with E-state index in [9.17, 15) is 14.4 Å². The van der Waals surface area contributed by atoms with Crippen LogP contribution in [0.25, 0.3) is 22.5 Å². The lowest BCUT2D eigenvalue weighted by molar-refractivity contribution is -0.118. The summed E-state index contributed by atoms with van der Waals surface area (Å²) in [7, 11) is 4.03. The van der Waals surface area contributed by atoms with Crippen molar-refractivity contribution < 1.29 is 23.5 Å². The van der Waals surface area contributed by atoms with Gasteiger partial charge in [0.25, 0.3) is 11.8 Å². The zero-order chi connectivity index (χ0) is 32.5. The highest BCUT2D eigenvalue weighted by Gasteiger charge is 2.22. The third-order valence-corrected chi connectivity index (χ3v) is 7.40. The van der Waals surface area contributed by atoms with Crippen molar-refractivity contribution >= 4 is 23.3 Å². The highest BCUT2D eigenvalue weighted by Crippen LogP contribution is 2.27. The maximum atomic E-state index is 13.1. The van der Waals surface area contributed by atoms with E-state index < -0.39 is 11.9 Å². The molecule has 0 aliphatic rings. The molecule has 1 aromatic heterocycles. The number of rotatable bonds is 13. The standard InChI is InChI=1S/C38H37N3O5/c1-26(42)36(29-17-19-33(20-18-29)45-24-8-23-41(2)3)40-38(44)35-22-21-34(46-35)31-11-7-12-32(25-31)39-37(43)30-15-13-28(14-16-30)27-9-5-4-6-10-27/h4-7,9-22,25,36H,8,23-24H2,1-3H3,(H,39,43)(H,40,44).